The molecule has 3 aromatic rings. The SMILES string of the molecule is O=C(c1cnn(-c2ccc(Br)cc2)c1C1CCNCC1)N1CCC(c2ccccc2)C1. The predicted molar refractivity (Wildman–Crippen MR) is 126 cm³/mol. The molecule has 2 aliphatic heterocycles. The van der Waals surface area contributed by atoms with Crippen LogP contribution in [0.25, 0.3) is 5.69 Å². The first-order valence-corrected chi connectivity index (χ1v) is 11.9. The number of aromatic nitrogens is 2. The smallest absolute Gasteiger partial charge is 0.257 e. The molecule has 0 aliphatic carbocycles. The maximum absolute atomic E-state index is 13.6. The van der Waals surface area contributed by atoms with Crippen LogP contribution in [-0.2, 0) is 0 Å². The second-order valence-corrected chi connectivity index (χ2v) is 9.42. The van der Waals surface area contributed by atoms with Gasteiger partial charge in [-0.3, -0.25) is 4.79 Å². The van der Waals surface area contributed by atoms with E-state index in [0.29, 0.717) is 11.8 Å². The summed E-state index contributed by atoms with van der Waals surface area (Å²) in [5.74, 6) is 0.864. The molecule has 160 valence electrons. The number of carbonyl (C=O) groups is 1. The van der Waals surface area contributed by atoms with Gasteiger partial charge in [0.2, 0.25) is 0 Å². The van der Waals surface area contributed by atoms with Crippen LogP contribution in [0.5, 0.6) is 0 Å². The second kappa shape index (κ2) is 8.97. The van der Waals surface area contributed by atoms with Crippen molar-refractivity contribution in [2.75, 3.05) is 26.2 Å². The van der Waals surface area contributed by atoms with Crippen molar-refractivity contribution in [3.63, 3.8) is 0 Å². The summed E-state index contributed by atoms with van der Waals surface area (Å²) in [4.78, 5) is 15.7. The maximum atomic E-state index is 13.6. The summed E-state index contributed by atoms with van der Waals surface area (Å²) in [6.07, 6.45) is 4.85. The molecule has 5 nitrogen and oxygen atoms in total. The zero-order chi connectivity index (χ0) is 21.2. The molecule has 31 heavy (non-hydrogen) atoms. The molecule has 5 rings (SSSR count). The van der Waals surface area contributed by atoms with Crippen LogP contribution in [-0.4, -0.2) is 46.8 Å². The van der Waals surface area contributed by atoms with Crippen molar-refractivity contribution in [3.8, 4) is 5.69 Å². The number of benzene rings is 2. The van der Waals surface area contributed by atoms with E-state index in [9.17, 15) is 4.79 Å². The number of likely N-dealkylation sites (tertiary alicyclic amines) is 1. The molecule has 0 radical (unpaired) electrons. The van der Waals surface area contributed by atoms with Crippen LogP contribution in [0.1, 0.15) is 52.7 Å². The largest absolute Gasteiger partial charge is 0.338 e. The molecule has 6 heteroatoms. The van der Waals surface area contributed by atoms with Crippen LogP contribution in [0, 0.1) is 0 Å². The lowest BCUT2D eigenvalue weighted by molar-refractivity contribution is 0.0788. The summed E-state index contributed by atoms with van der Waals surface area (Å²) in [5.41, 5.74) is 4.15. The monoisotopic (exact) mass is 478 g/mol. The molecule has 0 spiro atoms. The number of piperidine rings is 1. The third kappa shape index (κ3) is 4.19. The highest BCUT2D eigenvalue weighted by molar-refractivity contribution is 9.10. The molecule has 2 saturated heterocycles. The van der Waals surface area contributed by atoms with Crippen LogP contribution >= 0.6 is 15.9 Å². The van der Waals surface area contributed by atoms with Gasteiger partial charge in [-0.2, -0.15) is 5.10 Å². The Morgan fingerprint density at radius 1 is 0.968 bits per heavy atom. The Morgan fingerprint density at radius 2 is 1.71 bits per heavy atom. The highest BCUT2D eigenvalue weighted by Gasteiger charge is 2.33. The van der Waals surface area contributed by atoms with E-state index in [1.165, 1.54) is 5.56 Å². The van der Waals surface area contributed by atoms with Gasteiger partial charge >= 0.3 is 0 Å². The predicted octanol–water partition coefficient (Wildman–Crippen LogP) is 4.73. The first kappa shape index (κ1) is 20.5. The van der Waals surface area contributed by atoms with E-state index in [1.54, 1.807) is 6.20 Å². The minimum absolute atomic E-state index is 0.121. The van der Waals surface area contributed by atoms with Gasteiger partial charge in [-0.1, -0.05) is 46.3 Å². The fraction of sp³-hybridized carbons (Fsp3) is 0.360. The van der Waals surface area contributed by atoms with Crippen molar-refractivity contribution in [3.05, 3.63) is 82.1 Å². The van der Waals surface area contributed by atoms with Crippen molar-refractivity contribution < 1.29 is 4.79 Å². The van der Waals surface area contributed by atoms with Crippen molar-refractivity contribution in [1.82, 2.24) is 20.0 Å². The molecule has 1 amide bonds. The van der Waals surface area contributed by atoms with E-state index in [1.807, 2.05) is 27.8 Å². The average Bonchev–Trinajstić information content (AvgIpc) is 3.48. The zero-order valence-electron chi connectivity index (χ0n) is 17.5. The summed E-state index contributed by atoms with van der Waals surface area (Å²) in [7, 11) is 0. The molecule has 0 saturated carbocycles. The molecule has 2 aromatic carbocycles. The molecular formula is C25H27BrN4O. The Bertz CT molecular complexity index is 1040. The number of rotatable bonds is 4. The van der Waals surface area contributed by atoms with Crippen LogP contribution < -0.4 is 5.32 Å². The second-order valence-electron chi connectivity index (χ2n) is 8.50. The molecule has 1 aromatic heterocycles. The Morgan fingerprint density at radius 3 is 2.45 bits per heavy atom. The molecule has 1 unspecified atom stereocenters. The van der Waals surface area contributed by atoms with E-state index in [2.05, 4.69) is 57.6 Å². The van der Waals surface area contributed by atoms with Gasteiger partial charge in [0.25, 0.3) is 5.91 Å². The van der Waals surface area contributed by atoms with Crippen LogP contribution in [0.4, 0.5) is 0 Å². The van der Waals surface area contributed by atoms with Gasteiger partial charge in [0.05, 0.1) is 23.1 Å². The molecule has 2 fully saturated rings. The van der Waals surface area contributed by atoms with Crippen molar-refractivity contribution in [1.29, 1.82) is 0 Å². The third-order valence-corrected chi connectivity index (χ3v) is 7.11. The van der Waals surface area contributed by atoms with Gasteiger partial charge < -0.3 is 10.2 Å². The number of nitrogens with one attached hydrogen (secondary N) is 1. The Balaban J connectivity index is 1.45. The molecule has 0 bridgehead atoms. The van der Waals surface area contributed by atoms with E-state index < -0.39 is 0 Å². The summed E-state index contributed by atoms with van der Waals surface area (Å²) in [6.45, 7) is 3.53. The third-order valence-electron chi connectivity index (χ3n) is 6.58. The maximum Gasteiger partial charge on any atom is 0.257 e. The number of halogens is 1. The Labute approximate surface area is 191 Å². The number of amides is 1. The van der Waals surface area contributed by atoms with Gasteiger partial charge in [-0.05, 0) is 62.2 Å². The molecule has 3 heterocycles. The number of nitrogens with zero attached hydrogens (tertiary/aromatic N) is 3. The fourth-order valence-corrected chi connectivity index (χ4v) is 5.18. The van der Waals surface area contributed by atoms with Gasteiger partial charge in [-0.25, -0.2) is 4.68 Å². The normalized spacial score (nSPS) is 19.6. The lowest BCUT2D eigenvalue weighted by atomic mass is 9.91. The van der Waals surface area contributed by atoms with E-state index in [4.69, 9.17) is 5.10 Å². The first-order chi connectivity index (χ1) is 15.2. The summed E-state index contributed by atoms with van der Waals surface area (Å²) in [5, 5.41) is 8.13. The van der Waals surface area contributed by atoms with Crippen LogP contribution in [0.15, 0.2) is 65.3 Å². The minimum atomic E-state index is 0.121. The highest BCUT2D eigenvalue weighted by atomic mass is 79.9. The lowest BCUT2D eigenvalue weighted by Crippen LogP contribution is -2.32. The lowest BCUT2D eigenvalue weighted by Gasteiger charge is -2.26. The van der Waals surface area contributed by atoms with Crippen molar-refractivity contribution in [2.24, 2.45) is 0 Å². The number of hydrogen-bond donors (Lipinski definition) is 1. The number of hydrogen-bond acceptors (Lipinski definition) is 3. The highest BCUT2D eigenvalue weighted by Crippen LogP contribution is 2.33. The summed E-state index contributed by atoms with van der Waals surface area (Å²) < 4.78 is 3.02. The van der Waals surface area contributed by atoms with Gasteiger partial charge in [0, 0.05) is 29.4 Å². The van der Waals surface area contributed by atoms with E-state index in [-0.39, 0.29) is 5.91 Å². The minimum Gasteiger partial charge on any atom is -0.338 e. The van der Waals surface area contributed by atoms with Crippen LogP contribution in [0.3, 0.4) is 0 Å². The van der Waals surface area contributed by atoms with E-state index in [0.717, 1.165) is 66.9 Å². The summed E-state index contributed by atoms with van der Waals surface area (Å²) >= 11 is 3.51. The van der Waals surface area contributed by atoms with E-state index >= 15 is 0 Å². The van der Waals surface area contributed by atoms with Crippen molar-refractivity contribution >= 4 is 21.8 Å². The van der Waals surface area contributed by atoms with Gasteiger partial charge in [0.15, 0.2) is 0 Å². The zero-order valence-corrected chi connectivity index (χ0v) is 19.1. The van der Waals surface area contributed by atoms with Gasteiger partial charge in [0.1, 0.15) is 0 Å². The molecule has 1 atom stereocenters. The van der Waals surface area contributed by atoms with Crippen molar-refractivity contribution in [2.45, 2.75) is 31.1 Å². The Kier molecular flexibility index (Phi) is 5.92. The average molecular weight is 479 g/mol. The first-order valence-electron chi connectivity index (χ1n) is 11.1. The quantitative estimate of drug-likeness (QED) is 0.589. The molecule has 1 N–H and O–H groups in total. The van der Waals surface area contributed by atoms with Crippen LogP contribution in [0.2, 0.25) is 0 Å². The van der Waals surface area contributed by atoms with Gasteiger partial charge in [-0.15, -0.1) is 0 Å². The fourth-order valence-electron chi connectivity index (χ4n) is 4.91. The molecule has 2 aliphatic rings. The topological polar surface area (TPSA) is 50.2 Å². The standard InChI is InChI=1S/C25H27BrN4O/c26-21-6-8-22(9-7-21)30-24(19-10-13-27-14-11-19)23(16-28-30)25(31)29-15-12-20(17-29)18-4-2-1-3-5-18/h1-9,16,19-20,27H,10-15,17H2. The Hall–Kier alpha value is -2.44. The number of carbonyl (C=O) groups excluding carboxylic acids is 1. The molecular weight excluding hydrogens is 452 g/mol. The summed E-state index contributed by atoms with van der Waals surface area (Å²) in [6, 6.07) is 18.7.